The number of aryl methyl sites for hydroxylation is 1. The SMILES string of the molecule is C[C@@H]1CN([C@H](C)CO)C(=O)c2c(c3ccccc3n2C)-c2ccccc2CO[C@H]1CN(C)S(=O)(=O)c1cccs1. The number of carbonyl (C=O) groups excluding carboxylic acids is 1. The molecule has 1 aliphatic rings. The van der Waals surface area contributed by atoms with E-state index in [2.05, 4.69) is 0 Å². The van der Waals surface area contributed by atoms with Gasteiger partial charge in [0, 0.05) is 49.6 Å². The summed E-state index contributed by atoms with van der Waals surface area (Å²) in [5, 5.41) is 12.9. The summed E-state index contributed by atoms with van der Waals surface area (Å²) in [5.74, 6) is -0.417. The van der Waals surface area contributed by atoms with E-state index in [1.807, 2.05) is 74.0 Å². The van der Waals surface area contributed by atoms with Crippen molar-refractivity contribution in [1.82, 2.24) is 13.8 Å². The quantitative estimate of drug-likeness (QED) is 0.360. The van der Waals surface area contributed by atoms with Crippen LogP contribution in [0.1, 0.15) is 29.9 Å². The molecule has 1 aliphatic heterocycles. The number of likely N-dealkylation sites (N-methyl/N-ethyl adjacent to an activating group) is 1. The molecule has 3 atom stereocenters. The van der Waals surface area contributed by atoms with E-state index < -0.39 is 22.2 Å². The maximum atomic E-state index is 14.4. The fraction of sp³-hybridized carbons (Fsp3) is 0.367. The van der Waals surface area contributed by atoms with Gasteiger partial charge >= 0.3 is 0 Å². The van der Waals surface area contributed by atoms with Gasteiger partial charge in [0.2, 0.25) is 0 Å². The molecule has 1 amide bonds. The predicted molar refractivity (Wildman–Crippen MR) is 158 cm³/mol. The van der Waals surface area contributed by atoms with Crippen molar-refractivity contribution in [2.75, 3.05) is 26.7 Å². The maximum Gasteiger partial charge on any atom is 0.271 e. The van der Waals surface area contributed by atoms with Crippen LogP contribution in [0.5, 0.6) is 0 Å². The number of hydrogen-bond donors (Lipinski definition) is 1. The number of carbonyl (C=O) groups is 1. The number of aliphatic hydroxyl groups is 1. The molecule has 0 spiro atoms. The van der Waals surface area contributed by atoms with Gasteiger partial charge in [-0.1, -0.05) is 55.5 Å². The lowest BCUT2D eigenvalue weighted by molar-refractivity contribution is -0.0147. The molecule has 10 heteroatoms. The fourth-order valence-corrected chi connectivity index (χ4v) is 7.82. The molecule has 0 radical (unpaired) electrons. The largest absolute Gasteiger partial charge is 0.394 e. The third kappa shape index (κ3) is 5.10. The van der Waals surface area contributed by atoms with Gasteiger partial charge in [0.25, 0.3) is 15.9 Å². The van der Waals surface area contributed by atoms with Crippen molar-refractivity contribution in [3.05, 3.63) is 77.3 Å². The normalized spacial score (nSPS) is 19.4. The Labute approximate surface area is 239 Å². The summed E-state index contributed by atoms with van der Waals surface area (Å²) in [5.41, 5.74) is 4.14. The van der Waals surface area contributed by atoms with E-state index in [4.69, 9.17) is 4.74 Å². The van der Waals surface area contributed by atoms with Crippen molar-refractivity contribution in [2.24, 2.45) is 13.0 Å². The Morgan fingerprint density at radius 2 is 1.85 bits per heavy atom. The Bertz CT molecular complexity index is 1610. The molecule has 0 bridgehead atoms. The van der Waals surface area contributed by atoms with Crippen LogP contribution in [-0.4, -0.2) is 72.1 Å². The molecule has 2 aromatic heterocycles. The molecule has 8 nitrogen and oxygen atoms in total. The van der Waals surface area contributed by atoms with E-state index in [0.717, 1.165) is 27.6 Å². The number of aliphatic hydroxyl groups excluding tert-OH is 1. The third-order valence-electron chi connectivity index (χ3n) is 7.82. The first kappa shape index (κ1) is 28.5. The number of ether oxygens (including phenoxy) is 1. The predicted octanol–water partition coefficient (Wildman–Crippen LogP) is 4.59. The van der Waals surface area contributed by atoms with Crippen LogP contribution in [0.15, 0.2) is 70.3 Å². The number of nitrogens with zero attached hydrogens (tertiary/aromatic N) is 3. The lowest BCUT2D eigenvalue weighted by atomic mass is 9.96. The molecular weight excluding hydrogens is 546 g/mol. The molecule has 40 heavy (non-hydrogen) atoms. The first-order valence-electron chi connectivity index (χ1n) is 13.3. The molecule has 3 heterocycles. The van der Waals surface area contributed by atoms with Crippen LogP contribution in [0.25, 0.3) is 22.0 Å². The zero-order valence-electron chi connectivity index (χ0n) is 23.1. The standard InChI is InChI=1S/C30H35N3O5S2/c1-20-16-33(21(2)18-34)30(35)29-28(24-12-7-8-13-25(24)32(29)4)23-11-6-5-10-22(23)19-38-26(20)17-31(3)40(36,37)27-14-9-15-39-27/h5-15,20-21,26,34H,16-19H2,1-4H3/t20-,21-,26+/m1/s1. The Morgan fingerprint density at radius 1 is 1.12 bits per heavy atom. The number of benzene rings is 2. The van der Waals surface area contributed by atoms with Crippen LogP contribution in [0.3, 0.4) is 0 Å². The second-order valence-corrected chi connectivity index (χ2v) is 13.7. The highest BCUT2D eigenvalue weighted by atomic mass is 32.2. The first-order chi connectivity index (χ1) is 19.1. The number of sulfonamides is 1. The Morgan fingerprint density at radius 3 is 2.58 bits per heavy atom. The van der Waals surface area contributed by atoms with Gasteiger partial charge in [0.1, 0.15) is 9.90 Å². The molecule has 2 aromatic carbocycles. The molecule has 5 rings (SSSR count). The number of aromatic nitrogens is 1. The highest BCUT2D eigenvalue weighted by Crippen LogP contribution is 2.38. The Balaban J connectivity index is 1.63. The first-order valence-corrected chi connectivity index (χ1v) is 15.7. The number of hydrogen-bond acceptors (Lipinski definition) is 6. The summed E-state index contributed by atoms with van der Waals surface area (Å²) >= 11 is 1.18. The van der Waals surface area contributed by atoms with Crippen LogP contribution in [0, 0.1) is 5.92 Å². The highest BCUT2D eigenvalue weighted by Gasteiger charge is 2.35. The van der Waals surface area contributed by atoms with Gasteiger partial charge in [0.05, 0.1) is 25.4 Å². The summed E-state index contributed by atoms with van der Waals surface area (Å²) in [6.07, 6.45) is -0.507. The minimum atomic E-state index is -3.69. The van der Waals surface area contributed by atoms with Crippen LogP contribution in [0.2, 0.25) is 0 Å². The molecule has 0 saturated heterocycles. The number of amides is 1. The van der Waals surface area contributed by atoms with Crippen molar-refractivity contribution in [3.8, 4) is 11.1 Å². The Kier molecular flexibility index (Phi) is 8.17. The monoisotopic (exact) mass is 581 g/mol. The second-order valence-electron chi connectivity index (χ2n) is 10.5. The van der Waals surface area contributed by atoms with E-state index in [-0.39, 0.29) is 42.3 Å². The third-order valence-corrected chi connectivity index (χ3v) is 11.0. The van der Waals surface area contributed by atoms with E-state index in [0.29, 0.717) is 5.69 Å². The van der Waals surface area contributed by atoms with Gasteiger partial charge in [-0.15, -0.1) is 11.3 Å². The van der Waals surface area contributed by atoms with Gasteiger partial charge < -0.3 is 19.3 Å². The molecule has 212 valence electrons. The van der Waals surface area contributed by atoms with Gasteiger partial charge in [-0.3, -0.25) is 4.79 Å². The summed E-state index contributed by atoms with van der Waals surface area (Å²) in [6.45, 7) is 4.25. The summed E-state index contributed by atoms with van der Waals surface area (Å²) in [6, 6.07) is 18.7. The number of para-hydroxylation sites is 1. The maximum absolute atomic E-state index is 14.4. The van der Waals surface area contributed by atoms with E-state index >= 15 is 0 Å². The minimum Gasteiger partial charge on any atom is -0.394 e. The van der Waals surface area contributed by atoms with Crippen molar-refractivity contribution >= 4 is 38.2 Å². The van der Waals surface area contributed by atoms with E-state index in [1.165, 1.54) is 15.6 Å². The van der Waals surface area contributed by atoms with Gasteiger partial charge in [-0.2, -0.15) is 4.31 Å². The van der Waals surface area contributed by atoms with Crippen molar-refractivity contribution in [2.45, 2.75) is 36.8 Å². The topological polar surface area (TPSA) is 92.1 Å². The second kappa shape index (κ2) is 11.5. The van der Waals surface area contributed by atoms with Gasteiger partial charge in [-0.05, 0) is 35.6 Å². The number of thiophene rings is 1. The van der Waals surface area contributed by atoms with E-state index in [9.17, 15) is 18.3 Å². The molecule has 0 fully saturated rings. The highest BCUT2D eigenvalue weighted by molar-refractivity contribution is 7.91. The molecule has 1 N–H and O–H groups in total. The van der Waals surface area contributed by atoms with Crippen LogP contribution < -0.4 is 0 Å². The van der Waals surface area contributed by atoms with Crippen LogP contribution in [-0.2, 0) is 28.4 Å². The molecular formula is C30H35N3O5S2. The van der Waals surface area contributed by atoms with Crippen molar-refractivity contribution in [1.29, 1.82) is 0 Å². The Hall–Kier alpha value is -3.02. The molecule has 0 unspecified atom stereocenters. The van der Waals surface area contributed by atoms with Crippen molar-refractivity contribution < 1.29 is 23.1 Å². The molecule has 0 saturated carbocycles. The van der Waals surface area contributed by atoms with E-state index in [1.54, 1.807) is 29.5 Å². The average molecular weight is 582 g/mol. The molecule has 0 aliphatic carbocycles. The smallest absolute Gasteiger partial charge is 0.271 e. The molecule has 4 aromatic rings. The van der Waals surface area contributed by atoms with Crippen LogP contribution in [0.4, 0.5) is 0 Å². The summed E-state index contributed by atoms with van der Waals surface area (Å²) < 4.78 is 36.5. The lowest BCUT2D eigenvalue weighted by Crippen LogP contribution is -2.48. The zero-order valence-corrected chi connectivity index (χ0v) is 24.8. The number of rotatable bonds is 6. The summed E-state index contributed by atoms with van der Waals surface area (Å²) in [7, 11) is -0.226. The zero-order chi connectivity index (χ0) is 28.6. The van der Waals surface area contributed by atoms with Gasteiger partial charge in [-0.25, -0.2) is 8.42 Å². The van der Waals surface area contributed by atoms with Crippen LogP contribution >= 0.6 is 11.3 Å². The van der Waals surface area contributed by atoms with Crippen molar-refractivity contribution in [3.63, 3.8) is 0 Å². The van der Waals surface area contributed by atoms with Gasteiger partial charge in [0.15, 0.2) is 0 Å². The summed E-state index contributed by atoms with van der Waals surface area (Å²) in [4.78, 5) is 16.1. The number of fused-ring (bicyclic) bond motifs is 5. The lowest BCUT2D eigenvalue weighted by Gasteiger charge is -2.34. The average Bonchev–Trinajstić information content (AvgIpc) is 3.60. The fourth-order valence-electron chi connectivity index (χ4n) is 5.44. The minimum absolute atomic E-state index is 0.120.